The Morgan fingerprint density at radius 2 is 2.46 bits per heavy atom. The molecular weight excluding hydrogens is 206 g/mol. The molecule has 0 aromatic carbocycles. The number of halogens is 1. The van der Waals surface area contributed by atoms with Crippen molar-refractivity contribution in [3.05, 3.63) is 28.4 Å². The van der Waals surface area contributed by atoms with Crippen LogP contribution in [-0.4, -0.2) is 4.98 Å². The van der Waals surface area contributed by atoms with Crippen LogP contribution >= 0.6 is 22.9 Å². The van der Waals surface area contributed by atoms with Gasteiger partial charge in [0.1, 0.15) is 5.69 Å². The molecule has 0 aliphatic rings. The molecule has 0 unspecified atom stereocenters. The van der Waals surface area contributed by atoms with Crippen LogP contribution in [-0.2, 0) is 5.88 Å². The van der Waals surface area contributed by atoms with Crippen molar-refractivity contribution < 1.29 is 4.42 Å². The SMILES string of the molecule is Cc1cc(-c2ocnc2CCl)cs1. The number of hydrogen-bond donors (Lipinski definition) is 0. The van der Waals surface area contributed by atoms with Crippen molar-refractivity contribution in [2.24, 2.45) is 0 Å². The maximum Gasteiger partial charge on any atom is 0.181 e. The number of aryl methyl sites for hydroxylation is 1. The molecule has 4 heteroatoms. The van der Waals surface area contributed by atoms with Crippen LogP contribution in [0.3, 0.4) is 0 Å². The van der Waals surface area contributed by atoms with Crippen LogP contribution in [0.5, 0.6) is 0 Å². The van der Waals surface area contributed by atoms with E-state index in [1.165, 1.54) is 11.3 Å². The molecule has 0 spiro atoms. The van der Waals surface area contributed by atoms with E-state index in [-0.39, 0.29) is 0 Å². The maximum atomic E-state index is 5.71. The van der Waals surface area contributed by atoms with Crippen LogP contribution in [0.1, 0.15) is 10.6 Å². The monoisotopic (exact) mass is 213 g/mol. The van der Waals surface area contributed by atoms with Crippen molar-refractivity contribution in [1.82, 2.24) is 4.98 Å². The molecule has 2 nitrogen and oxygen atoms in total. The van der Waals surface area contributed by atoms with E-state index in [1.54, 1.807) is 11.3 Å². The first kappa shape index (κ1) is 8.78. The Bertz CT molecular complexity index is 407. The van der Waals surface area contributed by atoms with Gasteiger partial charge in [0.05, 0.1) is 5.88 Å². The van der Waals surface area contributed by atoms with Crippen LogP contribution < -0.4 is 0 Å². The lowest BCUT2D eigenvalue weighted by atomic mass is 10.2. The number of alkyl halides is 1. The van der Waals surface area contributed by atoms with Gasteiger partial charge in [0.2, 0.25) is 0 Å². The van der Waals surface area contributed by atoms with Crippen LogP contribution in [0.2, 0.25) is 0 Å². The van der Waals surface area contributed by atoms with Gasteiger partial charge in [-0.15, -0.1) is 22.9 Å². The zero-order chi connectivity index (χ0) is 9.26. The fourth-order valence-electron chi connectivity index (χ4n) is 1.16. The van der Waals surface area contributed by atoms with Gasteiger partial charge in [-0.3, -0.25) is 0 Å². The number of aromatic nitrogens is 1. The van der Waals surface area contributed by atoms with E-state index < -0.39 is 0 Å². The molecule has 13 heavy (non-hydrogen) atoms. The van der Waals surface area contributed by atoms with Crippen molar-refractivity contribution in [1.29, 1.82) is 0 Å². The molecule has 2 heterocycles. The van der Waals surface area contributed by atoms with E-state index in [9.17, 15) is 0 Å². The molecule has 2 rings (SSSR count). The highest BCUT2D eigenvalue weighted by molar-refractivity contribution is 7.10. The van der Waals surface area contributed by atoms with Crippen LogP contribution in [0.4, 0.5) is 0 Å². The minimum absolute atomic E-state index is 0.390. The molecule has 2 aromatic rings. The van der Waals surface area contributed by atoms with E-state index in [4.69, 9.17) is 16.0 Å². The molecule has 0 bridgehead atoms. The van der Waals surface area contributed by atoms with E-state index in [1.807, 2.05) is 5.38 Å². The van der Waals surface area contributed by atoms with E-state index >= 15 is 0 Å². The first-order valence-corrected chi connectivity index (χ1v) is 5.26. The highest BCUT2D eigenvalue weighted by atomic mass is 35.5. The number of rotatable bonds is 2. The molecule has 68 valence electrons. The average molecular weight is 214 g/mol. The summed E-state index contributed by atoms with van der Waals surface area (Å²) in [4.78, 5) is 5.28. The van der Waals surface area contributed by atoms with Crippen molar-refractivity contribution in [3.8, 4) is 11.3 Å². The number of hydrogen-bond acceptors (Lipinski definition) is 3. The summed E-state index contributed by atoms with van der Waals surface area (Å²) in [5, 5.41) is 2.05. The Morgan fingerprint density at radius 3 is 3.08 bits per heavy atom. The third kappa shape index (κ3) is 1.62. The molecule has 0 saturated carbocycles. The second-order valence-corrected chi connectivity index (χ2v) is 4.09. The van der Waals surface area contributed by atoms with Gasteiger partial charge in [0.15, 0.2) is 12.2 Å². The summed E-state index contributed by atoms with van der Waals surface area (Å²) in [5.74, 6) is 1.18. The molecule has 0 saturated heterocycles. The molecular formula is C9H8ClNOS. The summed E-state index contributed by atoms with van der Waals surface area (Å²) in [5.41, 5.74) is 1.87. The molecule has 0 fully saturated rings. The topological polar surface area (TPSA) is 26.0 Å². The lowest BCUT2D eigenvalue weighted by Crippen LogP contribution is -1.79. The van der Waals surface area contributed by atoms with Crippen molar-refractivity contribution >= 4 is 22.9 Å². The van der Waals surface area contributed by atoms with Gasteiger partial charge in [0, 0.05) is 15.8 Å². The fraction of sp³-hybridized carbons (Fsp3) is 0.222. The normalized spacial score (nSPS) is 10.6. The number of oxazole rings is 1. The molecule has 0 N–H and O–H groups in total. The summed E-state index contributed by atoms with van der Waals surface area (Å²) in [6.45, 7) is 2.06. The molecule has 0 aliphatic heterocycles. The molecule has 0 atom stereocenters. The van der Waals surface area contributed by atoms with Crippen molar-refractivity contribution in [3.63, 3.8) is 0 Å². The van der Waals surface area contributed by atoms with E-state index in [0.717, 1.165) is 17.0 Å². The van der Waals surface area contributed by atoms with Gasteiger partial charge >= 0.3 is 0 Å². The third-order valence-corrected chi connectivity index (χ3v) is 2.88. The standard InChI is InChI=1S/C9H8ClNOS/c1-6-2-7(4-13-6)9-8(3-10)11-5-12-9/h2,4-5H,3H2,1H3. The zero-order valence-electron chi connectivity index (χ0n) is 7.08. The van der Waals surface area contributed by atoms with Gasteiger partial charge in [-0.1, -0.05) is 0 Å². The summed E-state index contributed by atoms with van der Waals surface area (Å²) in [7, 11) is 0. The first-order valence-electron chi connectivity index (χ1n) is 3.85. The molecule has 2 aromatic heterocycles. The van der Waals surface area contributed by atoms with Crippen molar-refractivity contribution in [2.75, 3.05) is 0 Å². The smallest absolute Gasteiger partial charge is 0.181 e. The minimum Gasteiger partial charge on any atom is -0.443 e. The summed E-state index contributed by atoms with van der Waals surface area (Å²) < 4.78 is 5.27. The number of nitrogens with zero attached hydrogens (tertiary/aromatic N) is 1. The summed E-state index contributed by atoms with van der Waals surface area (Å²) >= 11 is 7.40. The van der Waals surface area contributed by atoms with E-state index in [0.29, 0.717) is 5.88 Å². The van der Waals surface area contributed by atoms with Gasteiger partial charge < -0.3 is 4.42 Å². The molecule has 0 radical (unpaired) electrons. The number of thiophene rings is 1. The van der Waals surface area contributed by atoms with Gasteiger partial charge in [0.25, 0.3) is 0 Å². The lowest BCUT2D eigenvalue weighted by molar-refractivity contribution is 0.571. The average Bonchev–Trinajstić information content (AvgIpc) is 2.71. The second-order valence-electron chi connectivity index (χ2n) is 2.71. The third-order valence-electron chi connectivity index (χ3n) is 1.76. The summed E-state index contributed by atoms with van der Waals surface area (Å²) in [6, 6.07) is 2.07. The first-order chi connectivity index (χ1) is 6.31. The highest BCUT2D eigenvalue weighted by Crippen LogP contribution is 2.28. The Hall–Kier alpha value is -0.800. The summed E-state index contributed by atoms with van der Waals surface area (Å²) in [6.07, 6.45) is 1.43. The predicted octanol–water partition coefficient (Wildman–Crippen LogP) is 3.45. The minimum atomic E-state index is 0.390. The maximum absolute atomic E-state index is 5.71. The Morgan fingerprint density at radius 1 is 1.62 bits per heavy atom. The predicted molar refractivity (Wildman–Crippen MR) is 54.1 cm³/mol. The van der Waals surface area contributed by atoms with Crippen molar-refractivity contribution in [2.45, 2.75) is 12.8 Å². The fourth-order valence-corrected chi connectivity index (χ4v) is 2.04. The largest absolute Gasteiger partial charge is 0.443 e. The Balaban J connectivity index is 2.45. The van der Waals surface area contributed by atoms with Gasteiger partial charge in [-0.2, -0.15) is 0 Å². The van der Waals surface area contributed by atoms with Crippen LogP contribution in [0.25, 0.3) is 11.3 Å². The zero-order valence-corrected chi connectivity index (χ0v) is 8.65. The second kappa shape index (κ2) is 3.52. The van der Waals surface area contributed by atoms with Gasteiger partial charge in [-0.05, 0) is 13.0 Å². The van der Waals surface area contributed by atoms with Crippen LogP contribution in [0, 0.1) is 6.92 Å². The lowest BCUT2D eigenvalue weighted by Gasteiger charge is -1.92. The quantitative estimate of drug-likeness (QED) is 0.715. The van der Waals surface area contributed by atoms with Gasteiger partial charge in [-0.25, -0.2) is 4.98 Å². The molecule has 0 amide bonds. The Kier molecular flexibility index (Phi) is 2.38. The van der Waals surface area contributed by atoms with E-state index in [2.05, 4.69) is 18.0 Å². The van der Waals surface area contributed by atoms with Crippen LogP contribution in [0.15, 0.2) is 22.3 Å². The highest BCUT2D eigenvalue weighted by Gasteiger charge is 2.10. The Labute approximate surface area is 85.2 Å². The molecule has 0 aliphatic carbocycles.